The highest BCUT2D eigenvalue weighted by Crippen LogP contribution is 2.20. The highest BCUT2D eigenvalue weighted by molar-refractivity contribution is 7.89. The first-order chi connectivity index (χ1) is 15.8. The summed E-state index contributed by atoms with van der Waals surface area (Å²) in [6.45, 7) is 4.23. The van der Waals surface area contributed by atoms with E-state index in [2.05, 4.69) is 19.8 Å². The Hall–Kier alpha value is -3.15. The van der Waals surface area contributed by atoms with Gasteiger partial charge in [-0.3, -0.25) is 9.69 Å². The van der Waals surface area contributed by atoms with Crippen molar-refractivity contribution < 1.29 is 22.1 Å². The van der Waals surface area contributed by atoms with Crippen LogP contribution in [-0.4, -0.2) is 67.5 Å². The number of halogens is 1. The second-order valence-electron chi connectivity index (χ2n) is 7.80. The summed E-state index contributed by atoms with van der Waals surface area (Å²) in [6, 6.07) is 11.0. The Morgan fingerprint density at radius 3 is 2.48 bits per heavy atom. The molecular weight excluding hydrogens is 449 g/mol. The van der Waals surface area contributed by atoms with Gasteiger partial charge in [-0.2, -0.15) is 4.98 Å². The largest absolute Gasteiger partial charge is 0.338 e. The van der Waals surface area contributed by atoms with E-state index in [0.29, 0.717) is 44.4 Å². The van der Waals surface area contributed by atoms with Crippen LogP contribution in [0, 0.1) is 12.7 Å². The Labute approximate surface area is 191 Å². The van der Waals surface area contributed by atoms with E-state index in [9.17, 15) is 17.6 Å². The fraction of sp³-hybridized carbons (Fsp3) is 0.318. The summed E-state index contributed by atoms with van der Waals surface area (Å²) >= 11 is 0. The molecule has 1 aromatic heterocycles. The zero-order chi connectivity index (χ0) is 23.6. The molecule has 0 radical (unpaired) electrons. The van der Waals surface area contributed by atoms with Crippen LogP contribution in [0.25, 0.3) is 11.4 Å². The molecule has 9 nitrogen and oxygen atoms in total. The van der Waals surface area contributed by atoms with Gasteiger partial charge < -0.3 is 9.42 Å². The molecule has 1 aliphatic rings. The van der Waals surface area contributed by atoms with Gasteiger partial charge in [-0.15, -0.1) is 0 Å². The lowest BCUT2D eigenvalue weighted by molar-refractivity contribution is 0.0610. The number of piperazine rings is 1. The second-order valence-corrected chi connectivity index (χ2v) is 9.68. The number of aromatic nitrogens is 2. The highest BCUT2D eigenvalue weighted by atomic mass is 32.2. The molecule has 2 heterocycles. The van der Waals surface area contributed by atoms with Gasteiger partial charge in [0.25, 0.3) is 5.91 Å². The van der Waals surface area contributed by atoms with E-state index in [4.69, 9.17) is 4.52 Å². The van der Waals surface area contributed by atoms with Crippen molar-refractivity contribution in [2.45, 2.75) is 18.4 Å². The molecule has 0 bridgehead atoms. The zero-order valence-corrected chi connectivity index (χ0v) is 19.1. The van der Waals surface area contributed by atoms with Gasteiger partial charge in [0.2, 0.25) is 21.7 Å². The number of hydrogen-bond donors (Lipinski definition) is 1. The summed E-state index contributed by atoms with van der Waals surface area (Å²) in [7, 11) is -2.53. The number of amides is 1. The van der Waals surface area contributed by atoms with E-state index in [1.54, 1.807) is 0 Å². The molecule has 4 rings (SSSR count). The molecule has 2 aromatic carbocycles. The Balaban J connectivity index is 1.38. The molecule has 1 aliphatic heterocycles. The average Bonchev–Trinajstić information content (AvgIpc) is 3.28. The highest BCUT2D eigenvalue weighted by Gasteiger charge is 2.26. The molecule has 1 saturated heterocycles. The van der Waals surface area contributed by atoms with Crippen LogP contribution in [0.4, 0.5) is 4.39 Å². The lowest BCUT2D eigenvalue weighted by Crippen LogP contribution is -2.48. The van der Waals surface area contributed by atoms with Gasteiger partial charge in [0.15, 0.2) is 0 Å². The number of nitrogens with zero attached hydrogens (tertiary/aromatic N) is 4. The minimum absolute atomic E-state index is 0.158. The first-order valence-electron chi connectivity index (χ1n) is 10.4. The van der Waals surface area contributed by atoms with Gasteiger partial charge in [-0.1, -0.05) is 35.0 Å². The number of aryl methyl sites for hydroxylation is 1. The van der Waals surface area contributed by atoms with Crippen molar-refractivity contribution in [2.75, 3.05) is 33.2 Å². The predicted molar refractivity (Wildman–Crippen MR) is 118 cm³/mol. The number of hydrogen-bond acceptors (Lipinski definition) is 7. The Kier molecular flexibility index (Phi) is 6.54. The molecule has 0 saturated carbocycles. The first-order valence-corrected chi connectivity index (χ1v) is 11.9. The minimum Gasteiger partial charge on any atom is -0.338 e. The summed E-state index contributed by atoms with van der Waals surface area (Å²) in [5, 5.41) is 4.04. The third-order valence-electron chi connectivity index (χ3n) is 5.54. The summed E-state index contributed by atoms with van der Waals surface area (Å²) in [5.41, 5.74) is 1.75. The Morgan fingerprint density at radius 2 is 1.82 bits per heavy atom. The van der Waals surface area contributed by atoms with Gasteiger partial charge in [0.1, 0.15) is 5.82 Å². The number of rotatable bonds is 6. The first kappa shape index (κ1) is 23.0. The number of carbonyl (C=O) groups is 1. The standard InChI is InChI=1S/C22H24FN5O4S/c1-15-3-5-16(6-4-15)21-25-20(32-26-21)14-27-9-11-28(12-10-27)22(29)18-13-17(7-8-19(18)23)33(30,31)24-2/h3-8,13,24H,9-12,14H2,1-2H3. The summed E-state index contributed by atoms with van der Waals surface area (Å²) in [4.78, 5) is 20.7. The summed E-state index contributed by atoms with van der Waals surface area (Å²) in [6.07, 6.45) is 0. The molecule has 0 aliphatic carbocycles. The van der Waals surface area contributed by atoms with Gasteiger partial charge in [0.05, 0.1) is 17.0 Å². The fourth-order valence-electron chi connectivity index (χ4n) is 3.56. The quantitative estimate of drug-likeness (QED) is 0.584. The lowest BCUT2D eigenvalue weighted by Gasteiger charge is -2.34. The van der Waals surface area contributed by atoms with Crippen molar-refractivity contribution in [1.82, 2.24) is 24.7 Å². The molecule has 1 amide bonds. The second kappa shape index (κ2) is 9.38. The van der Waals surface area contributed by atoms with Gasteiger partial charge in [-0.05, 0) is 32.2 Å². The van der Waals surface area contributed by atoms with Crippen LogP contribution in [0.3, 0.4) is 0 Å². The molecule has 1 N–H and O–H groups in total. The van der Waals surface area contributed by atoms with E-state index in [1.165, 1.54) is 11.9 Å². The number of benzene rings is 2. The summed E-state index contributed by atoms with van der Waals surface area (Å²) in [5.74, 6) is -0.307. The molecule has 0 spiro atoms. The maximum absolute atomic E-state index is 14.3. The maximum Gasteiger partial charge on any atom is 0.256 e. The monoisotopic (exact) mass is 473 g/mol. The van der Waals surface area contributed by atoms with E-state index >= 15 is 0 Å². The van der Waals surface area contributed by atoms with E-state index in [0.717, 1.165) is 29.3 Å². The molecular formula is C22H24FN5O4S. The van der Waals surface area contributed by atoms with Crippen molar-refractivity contribution in [3.8, 4) is 11.4 Å². The van der Waals surface area contributed by atoms with Crippen LogP contribution >= 0.6 is 0 Å². The molecule has 33 heavy (non-hydrogen) atoms. The van der Waals surface area contributed by atoms with Crippen molar-refractivity contribution in [2.24, 2.45) is 0 Å². The molecule has 1 fully saturated rings. The maximum atomic E-state index is 14.3. The molecule has 3 aromatic rings. The number of nitrogens with one attached hydrogen (secondary N) is 1. The lowest BCUT2D eigenvalue weighted by atomic mass is 10.1. The van der Waals surface area contributed by atoms with Crippen molar-refractivity contribution in [3.05, 3.63) is 65.3 Å². The fourth-order valence-corrected chi connectivity index (χ4v) is 4.32. The van der Waals surface area contributed by atoms with Crippen molar-refractivity contribution >= 4 is 15.9 Å². The van der Waals surface area contributed by atoms with Crippen LogP contribution in [0.15, 0.2) is 51.9 Å². The molecule has 11 heteroatoms. The van der Waals surface area contributed by atoms with E-state index in [1.807, 2.05) is 31.2 Å². The normalized spacial score (nSPS) is 15.1. The average molecular weight is 474 g/mol. The Morgan fingerprint density at radius 1 is 1.12 bits per heavy atom. The van der Waals surface area contributed by atoms with Gasteiger partial charge >= 0.3 is 0 Å². The number of carbonyl (C=O) groups excluding carboxylic acids is 1. The van der Waals surface area contributed by atoms with Crippen LogP contribution in [0.2, 0.25) is 0 Å². The smallest absolute Gasteiger partial charge is 0.256 e. The third-order valence-corrected chi connectivity index (χ3v) is 6.96. The van der Waals surface area contributed by atoms with Gasteiger partial charge in [0, 0.05) is 31.7 Å². The zero-order valence-electron chi connectivity index (χ0n) is 18.3. The Bertz CT molecular complexity index is 1250. The predicted octanol–water partition coefficient (Wildman–Crippen LogP) is 2.05. The van der Waals surface area contributed by atoms with Crippen LogP contribution in [-0.2, 0) is 16.6 Å². The van der Waals surface area contributed by atoms with Crippen LogP contribution in [0.5, 0.6) is 0 Å². The van der Waals surface area contributed by atoms with Crippen molar-refractivity contribution in [1.29, 1.82) is 0 Å². The molecule has 0 atom stereocenters. The van der Waals surface area contributed by atoms with E-state index < -0.39 is 21.7 Å². The van der Waals surface area contributed by atoms with Crippen LogP contribution in [0.1, 0.15) is 21.8 Å². The van der Waals surface area contributed by atoms with Gasteiger partial charge in [-0.25, -0.2) is 17.5 Å². The van der Waals surface area contributed by atoms with Crippen molar-refractivity contribution in [3.63, 3.8) is 0 Å². The van der Waals surface area contributed by atoms with E-state index in [-0.39, 0.29) is 10.5 Å². The third kappa shape index (κ3) is 5.10. The summed E-state index contributed by atoms with van der Waals surface area (Å²) < 4.78 is 45.8. The minimum atomic E-state index is -3.78. The SMILES string of the molecule is CNS(=O)(=O)c1ccc(F)c(C(=O)N2CCN(Cc3nc(-c4ccc(C)cc4)no3)CC2)c1. The topological polar surface area (TPSA) is 109 Å². The molecule has 174 valence electrons. The molecule has 0 unspecified atom stereocenters. The van der Waals surface area contributed by atoms with Crippen LogP contribution < -0.4 is 4.72 Å². The number of sulfonamides is 1.